The van der Waals surface area contributed by atoms with Gasteiger partial charge in [0.2, 0.25) is 15.9 Å². The molecule has 0 aliphatic rings. The minimum Gasteiger partial charge on any atom is -0.368 e. The summed E-state index contributed by atoms with van der Waals surface area (Å²) in [5.41, 5.74) is 4.93. The van der Waals surface area contributed by atoms with Crippen molar-refractivity contribution in [3.8, 4) is 0 Å². The van der Waals surface area contributed by atoms with Crippen molar-refractivity contribution in [1.82, 2.24) is 4.72 Å². The van der Waals surface area contributed by atoms with E-state index in [1.54, 1.807) is 0 Å². The van der Waals surface area contributed by atoms with E-state index < -0.39 is 27.8 Å². The van der Waals surface area contributed by atoms with E-state index >= 15 is 0 Å². The van der Waals surface area contributed by atoms with Gasteiger partial charge in [-0.2, -0.15) is 4.72 Å². The van der Waals surface area contributed by atoms with Crippen LogP contribution in [0.4, 0.5) is 4.39 Å². The molecule has 3 N–H and O–H groups in total. The highest BCUT2D eigenvalue weighted by atomic mass is 79.9. The molecule has 0 aliphatic heterocycles. The molecule has 0 bridgehead atoms. The summed E-state index contributed by atoms with van der Waals surface area (Å²) in [6, 6.07) is 2.26. The molecule has 0 radical (unpaired) electrons. The van der Waals surface area contributed by atoms with Crippen LogP contribution in [-0.4, -0.2) is 20.4 Å². The number of hydrogen-bond acceptors (Lipinski definition) is 3. The average molecular weight is 325 g/mol. The summed E-state index contributed by atoms with van der Waals surface area (Å²) in [4.78, 5) is 10.5. The molecule has 17 heavy (non-hydrogen) atoms. The van der Waals surface area contributed by atoms with E-state index in [2.05, 4.69) is 15.9 Å². The van der Waals surface area contributed by atoms with Gasteiger partial charge in [0, 0.05) is 0 Å². The van der Waals surface area contributed by atoms with Crippen LogP contribution in [0.25, 0.3) is 0 Å². The predicted octanol–water partition coefficient (Wildman–Crippen LogP) is 0.740. The van der Waals surface area contributed by atoms with Crippen LogP contribution in [0.2, 0.25) is 0 Å². The highest BCUT2D eigenvalue weighted by molar-refractivity contribution is 9.10. The standard InChI is InChI=1S/C9H10BrFN2O3S/c1-5(9(12)14)13-17(15,16)6-2-3-7(10)8(11)4-6/h2-5,13H,1H3,(H2,12,14). The minimum absolute atomic E-state index is 0.152. The van der Waals surface area contributed by atoms with Crippen LogP contribution in [0.5, 0.6) is 0 Å². The van der Waals surface area contributed by atoms with Gasteiger partial charge in [-0.25, -0.2) is 12.8 Å². The molecule has 1 aromatic rings. The molecule has 1 rings (SSSR count). The van der Waals surface area contributed by atoms with E-state index in [1.807, 2.05) is 4.72 Å². The summed E-state index contributed by atoms with van der Waals surface area (Å²) in [6.07, 6.45) is 0. The Kier molecular flexibility index (Phi) is 4.23. The number of carbonyl (C=O) groups excluding carboxylic acids is 1. The molecule has 94 valence electrons. The number of benzene rings is 1. The van der Waals surface area contributed by atoms with E-state index in [1.165, 1.54) is 19.1 Å². The number of carbonyl (C=O) groups is 1. The van der Waals surface area contributed by atoms with E-state index in [4.69, 9.17) is 5.73 Å². The van der Waals surface area contributed by atoms with E-state index in [9.17, 15) is 17.6 Å². The molecule has 0 aliphatic carbocycles. The minimum atomic E-state index is -3.96. The largest absolute Gasteiger partial charge is 0.368 e. The number of nitrogens with two attached hydrogens (primary N) is 1. The molecule has 0 saturated carbocycles. The van der Waals surface area contributed by atoms with E-state index in [-0.39, 0.29) is 9.37 Å². The van der Waals surface area contributed by atoms with Gasteiger partial charge in [0.1, 0.15) is 5.82 Å². The SMILES string of the molecule is CC(NS(=O)(=O)c1ccc(Br)c(F)c1)C(N)=O. The van der Waals surface area contributed by atoms with Crippen molar-refractivity contribution in [2.24, 2.45) is 5.73 Å². The van der Waals surface area contributed by atoms with Crippen LogP contribution in [0.1, 0.15) is 6.92 Å². The number of halogens is 2. The molecule has 1 atom stereocenters. The molecule has 1 aromatic carbocycles. The summed E-state index contributed by atoms with van der Waals surface area (Å²) in [7, 11) is -3.96. The van der Waals surface area contributed by atoms with Crippen molar-refractivity contribution in [3.05, 3.63) is 28.5 Å². The van der Waals surface area contributed by atoms with Crippen LogP contribution >= 0.6 is 15.9 Å². The highest BCUT2D eigenvalue weighted by Crippen LogP contribution is 2.19. The maximum atomic E-state index is 13.2. The normalized spacial score (nSPS) is 13.4. The molecule has 5 nitrogen and oxygen atoms in total. The molecule has 0 fully saturated rings. The third-order valence-electron chi connectivity index (χ3n) is 1.96. The smallest absolute Gasteiger partial charge is 0.241 e. The summed E-state index contributed by atoms with van der Waals surface area (Å²) in [6.45, 7) is 1.30. The number of nitrogens with one attached hydrogen (secondary N) is 1. The fraction of sp³-hybridized carbons (Fsp3) is 0.222. The first-order chi connectivity index (χ1) is 7.74. The first-order valence-corrected chi connectivity index (χ1v) is 6.78. The van der Waals surface area contributed by atoms with Crippen molar-refractivity contribution in [1.29, 1.82) is 0 Å². The Bertz CT molecular complexity index is 547. The second kappa shape index (κ2) is 5.11. The van der Waals surface area contributed by atoms with Gasteiger partial charge in [-0.15, -0.1) is 0 Å². The summed E-state index contributed by atoms with van der Waals surface area (Å²) in [5.74, 6) is -1.52. The summed E-state index contributed by atoms with van der Waals surface area (Å²) in [5, 5.41) is 0. The van der Waals surface area contributed by atoms with Crippen molar-refractivity contribution >= 4 is 31.9 Å². The van der Waals surface area contributed by atoms with Gasteiger partial charge in [0.05, 0.1) is 15.4 Å². The number of rotatable bonds is 4. The zero-order valence-corrected chi connectivity index (χ0v) is 11.2. The maximum absolute atomic E-state index is 13.2. The Labute approximate surface area is 106 Å². The topological polar surface area (TPSA) is 89.3 Å². The van der Waals surface area contributed by atoms with Gasteiger partial charge in [0.15, 0.2) is 0 Å². The molecule has 0 saturated heterocycles. The van der Waals surface area contributed by atoms with Crippen molar-refractivity contribution in [2.45, 2.75) is 17.9 Å². The monoisotopic (exact) mass is 324 g/mol. The zero-order chi connectivity index (χ0) is 13.2. The maximum Gasteiger partial charge on any atom is 0.241 e. The Morgan fingerprint density at radius 1 is 1.53 bits per heavy atom. The van der Waals surface area contributed by atoms with Crippen LogP contribution in [0.15, 0.2) is 27.6 Å². The van der Waals surface area contributed by atoms with Gasteiger partial charge >= 0.3 is 0 Å². The quantitative estimate of drug-likeness (QED) is 0.856. The van der Waals surface area contributed by atoms with Crippen molar-refractivity contribution in [2.75, 3.05) is 0 Å². The van der Waals surface area contributed by atoms with Gasteiger partial charge in [-0.05, 0) is 41.1 Å². The molecule has 0 spiro atoms. The Hall–Kier alpha value is -0.990. The molecule has 1 unspecified atom stereocenters. The highest BCUT2D eigenvalue weighted by Gasteiger charge is 2.21. The Morgan fingerprint density at radius 3 is 2.59 bits per heavy atom. The lowest BCUT2D eigenvalue weighted by atomic mass is 10.3. The lowest BCUT2D eigenvalue weighted by molar-refractivity contribution is -0.119. The van der Waals surface area contributed by atoms with E-state index in [0.29, 0.717) is 0 Å². The third kappa shape index (κ3) is 3.48. The van der Waals surface area contributed by atoms with Crippen LogP contribution in [-0.2, 0) is 14.8 Å². The predicted molar refractivity (Wildman–Crippen MR) is 63.1 cm³/mol. The second-order valence-corrected chi connectivity index (χ2v) is 5.89. The van der Waals surface area contributed by atoms with Gasteiger partial charge < -0.3 is 5.73 Å². The van der Waals surface area contributed by atoms with Crippen molar-refractivity contribution < 1.29 is 17.6 Å². The Balaban J connectivity index is 3.05. The fourth-order valence-corrected chi connectivity index (χ4v) is 2.47. The van der Waals surface area contributed by atoms with Crippen molar-refractivity contribution in [3.63, 3.8) is 0 Å². The molecule has 0 heterocycles. The van der Waals surface area contributed by atoms with Gasteiger partial charge in [-0.3, -0.25) is 4.79 Å². The van der Waals surface area contributed by atoms with Crippen LogP contribution in [0, 0.1) is 5.82 Å². The number of primary amides is 1. The summed E-state index contributed by atoms with van der Waals surface area (Å²) < 4.78 is 38.8. The fourth-order valence-electron chi connectivity index (χ4n) is 1.00. The summed E-state index contributed by atoms with van der Waals surface area (Å²) >= 11 is 2.91. The van der Waals surface area contributed by atoms with Gasteiger partial charge in [-0.1, -0.05) is 0 Å². The zero-order valence-electron chi connectivity index (χ0n) is 8.78. The van der Waals surface area contributed by atoms with E-state index in [0.717, 1.165) is 6.07 Å². The van der Waals surface area contributed by atoms with Gasteiger partial charge in [0.25, 0.3) is 0 Å². The average Bonchev–Trinajstić information content (AvgIpc) is 2.21. The lowest BCUT2D eigenvalue weighted by Gasteiger charge is -2.11. The van der Waals surface area contributed by atoms with Crippen LogP contribution in [0.3, 0.4) is 0 Å². The van der Waals surface area contributed by atoms with Crippen LogP contribution < -0.4 is 10.5 Å². The number of hydrogen-bond donors (Lipinski definition) is 2. The molecule has 0 aromatic heterocycles. The first-order valence-electron chi connectivity index (χ1n) is 4.51. The lowest BCUT2D eigenvalue weighted by Crippen LogP contribution is -2.42. The molecule has 8 heteroatoms. The molecular formula is C9H10BrFN2O3S. The Morgan fingerprint density at radius 2 is 2.12 bits per heavy atom. The second-order valence-electron chi connectivity index (χ2n) is 3.32. The number of amides is 1. The third-order valence-corrected chi connectivity index (χ3v) is 4.14. The molecule has 1 amide bonds. The first kappa shape index (κ1) is 14.1. The number of sulfonamides is 1. The molecular weight excluding hydrogens is 315 g/mol.